The molecule has 3 rings (SSSR count). The quantitative estimate of drug-likeness (QED) is 0.687. The van der Waals surface area contributed by atoms with Gasteiger partial charge in [0.05, 0.1) is 44.5 Å². The van der Waals surface area contributed by atoms with Crippen LogP contribution in [0.5, 0.6) is 0 Å². The number of rotatable bonds is 3. The minimum atomic E-state index is -1.17. The normalized spacial score (nSPS) is 17.3. The maximum absolute atomic E-state index is 14.1. The maximum Gasteiger partial charge on any atom is 0.335 e. The van der Waals surface area contributed by atoms with E-state index in [1.165, 1.54) is 23.5 Å². The average Bonchev–Trinajstić information content (AvgIpc) is 2.96. The van der Waals surface area contributed by atoms with Gasteiger partial charge >= 0.3 is 5.97 Å². The van der Waals surface area contributed by atoms with Gasteiger partial charge in [-0.15, -0.1) is 11.3 Å². The van der Waals surface area contributed by atoms with Gasteiger partial charge in [-0.2, -0.15) is 0 Å². The van der Waals surface area contributed by atoms with Crippen LogP contribution in [-0.2, 0) is 0 Å². The zero-order chi connectivity index (χ0) is 16.6. The van der Waals surface area contributed by atoms with Crippen LogP contribution in [0.4, 0.5) is 9.52 Å². The topological polar surface area (TPSA) is 76.5 Å². The standard InChI is InChI=1S/C15H16FN3O3S/c1-19(22)6-4-18(5-7-19)15-17-13(9-23-15)11-3-2-10(14(20)21)8-12(11)16/h2-3,8-9H,4-7H2,1H3,(H,20,21). The van der Waals surface area contributed by atoms with Crippen LogP contribution in [0.1, 0.15) is 10.4 Å². The van der Waals surface area contributed by atoms with Gasteiger partial charge in [-0.05, 0) is 18.2 Å². The van der Waals surface area contributed by atoms with Gasteiger partial charge in [0, 0.05) is 10.9 Å². The molecule has 0 spiro atoms. The molecule has 122 valence electrons. The van der Waals surface area contributed by atoms with Crippen molar-refractivity contribution in [3.05, 3.63) is 40.2 Å². The van der Waals surface area contributed by atoms with E-state index >= 15 is 0 Å². The van der Waals surface area contributed by atoms with Crippen molar-refractivity contribution in [2.24, 2.45) is 0 Å². The van der Waals surface area contributed by atoms with Gasteiger partial charge in [0.25, 0.3) is 0 Å². The Balaban J connectivity index is 1.81. The van der Waals surface area contributed by atoms with E-state index in [2.05, 4.69) is 4.98 Å². The van der Waals surface area contributed by atoms with Gasteiger partial charge in [-0.3, -0.25) is 0 Å². The summed E-state index contributed by atoms with van der Waals surface area (Å²) in [5, 5.41) is 23.2. The van der Waals surface area contributed by atoms with Gasteiger partial charge in [-0.1, -0.05) is 0 Å². The van der Waals surface area contributed by atoms with E-state index in [0.717, 1.165) is 11.2 Å². The molecule has 0 bridgehead atoms. The number of benzene rings is 1. The molecule has 2 aromatic rings. The van der Waals surface area contributed by atoms with Crippen LogP contribution in [0, 0.1) is 11.0 Å². The number of piperazine rings is 1. The Kier molecular flexibility index (Phi) is 4.05. The van der Waals surface area contributed by atoms with E-state index < -0.39 is 11.8 Å². The Bertz CT molecular complexity index is 737. The molecule has 0 saturated carbocycles. The number of halogens is 1. The largest absolute Gasteiger partial charge is 0.633 e. The van der Waals surface area contributed by atoms with Gasteiger partial charge in [0.2, 0.25) is 0 Å². The SMILES string of the molecule is C[N+]1([O-])CCN(c2nc(-c3ccc(C(=O)O)cc3F)cs2)CC1. The lowest BCUT2D eigenvalue weighted by molar-refractivity contribution is -0.861. The zero-order valence-electron chi connectivity index (χ0n) is 12.5. The molecule has 0 aliphatic carbocycles. The molecule has 1 aliphatic heterocycles. The van der Waals surface area contributed by atoms with E-state index in [1.54, 1.807) is 12.4 Å². The molecule has 1 saturated heterocycles. The highest BCUT2D eigenvalue weighted by atomic mass is 32.1. The van der Waals surface area contributed by atoms with E-state index in [0.29, 0.717) is 31.9 Å². The smallest absolute Gasteiger partial charge is 0.335 e. The lowest BCUT2D eigenvalue weighted by atomic mass is 10.1. The number of quaternary nitrogens is 1. The van der Waals surface area contributed by atoms with Crippen LogP contribution < -0.4 is 4.90 Å². The second-order valence-corrected chi connectivity index (χ2v) is 6.58. The fourth-order valence-electron chi connectivity index (χ4n) is 2.47. The molecule has 0 amide bonds. The van der Waals surface area contributed by atoms with Gasteiger partial charge < -0.3 is 19.9 Å². The molecule has 0 atom stereocenters. The molecule has 0 radical (unpaired) electrons. The van der Waals surface area contributed by atoms with Crippen LogP contribution in [0.15, 0.2) is 23.6 Å². The Labute approximate surface area is 136 Å². The minimum absolute atomic E-state index is 0.0924. The number of carboxylic acid groups (broad SMARTS) is 1. The fourth-order valence-corrected chi connectivity index (χ4v) is 3.35. The summed E-state index contributed by atoms with van der Waals surface area (Å²) in [5.74, 6) is -1.77. The van der Waals surface area contributed by atoms with E-state index in [9.17, 15) is 14.4 Å². The van der Waals surface area contributed by atoms with E-state index in [-0.39, 0.29) is 15.8 Å². The number of likely N-dealkylation sites (N-methyl/N-ethyl adjacent to an activating group) is 1. The van der Waals surface area contributed by atoms with E-state index in [4.69, 9.17) is 5.11 Å². The monoisotopic (exact) mass is 337 g/mol. The van der Waals surface area contributed by atoms with Crippen LogP contribution in [-0.4, -0.2) is 53.9 Å². The van der Waals surface area contributed by atoms with Crippen molar-refractivity contribution in [2.75, 3.05) is 38.1 Å². The van der Waals surface area contributed by atoms with Gasteiger partial charge in [0.15, 0.2) is 5.13 Å². The molecule has 1 aromatic heterocycles. The second-order valence-electron chi connectivity index (χ2n) is 5.75. The molecule has 2 heterocycles. The predicted molar refractivity (Wildman–Crippen MR) is 86.0 cm³/mol. The van der Waals surface area contributed by atoms with Crippen molar-refractivity contribution < 1.29 is 18.9 Å². The van der Waals surface area contributed by atoms with Crippen LogP contribution in [0.2, 0.25) is 0 Å². The first-order valence-electron chi connectivity index (χ1n) is 7.15. The highest BCUT2D eigenvalue weighted by Crippen LogP contribution is 2.30. The van der Waals surface area contributed by atoms with Crippen molar-refractivity contribution in [3.8, 4) is 11.3 Å². The first kappa shape index (κ1) is 15.9. The lowest BCUT2D eigenvalue weighted by Gasteiger charge is -2.45. The molecule has 1 aliphatic rings. The molecule has 0 unspecified atom stereocenters. The van der Waals surface area contributed by atoms with Crippen LogP contribution in [0.3, 0.4) is 0 Å². The highest BCUT2D eigenvalue weighted by Gasteiger charge is 2.24. The third-order valence-corrected chi connectivity index (χ3v) is 4.84. The number of thiazole rings is 1. The van der Waals surface area contributed by atoms with Crippen LogP contribution in [0.25, 0.3) is 11.3 Å². The number of hydrogen-bond donors (Lipinski definition) is 1. The number of anilines is 1. The molecule has 1 N–H and O–H groups in total. The Morgan fingerprint density at radius 3 is 2.74 bits per heavy atom. The second kappa shape index (κ2) is 5.88. The van der Waals surface area contributed by atoms with Crippen molar-refractivity contribution in [1.29, 1.82) is 0 Å². The summed E-state index contributed by atoms with van der Waals surface area (Å²) in [6, 6.07) is 3.79. The first-order chi connectivity index (χ1) is 10.9. The summed E-state index contributed by atoms with van der Waals surface area (Å²) in [6.07, 6.45) is 0. The number of carboxylic acids is 1. The van der Waals surface area contributed by atoms with Crippen molar-refractivity contribution in [1.82, 2.24) is 4.98 Å². The third-order valence-electron chi connectivity index (χ3n) is 3.94. The number of hydrogen-bond acceptors (Lipinski definition) is 5. The molecular formula is C15H16FN3O3S. The maximum atomic E-state index is 14.1. The number of hydroxylamine groups is 3. The molecule has 6 nitrogen and oxygen atoms in total. The average molecular weight is 337 g/mol. The highest BCUT2D eigenvalue weighted by molar-refractivity contribution is 7.14. The first-order valence-corrected chi connectivity index (χ1v) is 8.03. The van der Waals surface area contributed by atoms with Crippen LogP contribution >= 0.6 is 11.3 Å². The Morgan fingerprint density at radius 2 is 2.13 bits per heavy atom. The van der Waals surface area contributed by atoms with E-state index in [1.807, 2.05) is 4.90 Å². The summed E-state index contributed by atoms with van der Waals surface area (Å²) in [7, 11) is 1.66. The number of aromatic nitrogens is 1. The lowest BCUT2D eigenvalue weighted by Crippen LogP contribution is -2.53. The molecule has 8 heteroatoms. The Hall–Kier alpha value is -2.03. The zero-order valence-corrected chi connectivity index (χ0v) is 13.3. The number of carbonyl (C=O) groups is 1. The summed E-state index contributed by atoms with van der Waals surface area (Å²) >= 11 is 1.39. The number of nitrogens with zero attached hydrogens (tertiary/aromatic N) is 3. The van der Waals surface area contributed by atoms with Gasteiger partial charge in [-0.25, -0.2) is 14.2 Å². The minimum Gasteiger partial charge on any atom is -0.633 e. The summed E-state index contributed by atoms with van der Waals surface area (Å²) in [4.78, 5) is 17.3. The third kappa shape index (κ3) is 3.34. The Morgan fingerprint density at radius 1 is 1.43 bits per heavy atom. The molecule has 1 fully saturated rings. The van der Waals surface area contributed by atoms with Crippen molar-refractivity contribution >= 4 is 22.4 Å². The summed E-state index contributed by atoms with van der Waals surface area (Å²) in [5.41, 5.74) is 0.661. The summed E-state index contributed by atoms with van der Waals surface area (Å²) in [6.45, 7) is 2.23. The molecule has 23 heavy (non-hydrogen) atoms. The predicted octanol–water partition coefficient (Wildman–Crippen LogP) is 2.41. The van der Waals surface area contributed by atoms with Gasteiger partial charge in [0.1, 0.15) is 5.82 Å². The molecular weight excluding hydrogens is 321 g/mol. The van der Waals surface area contributed by atoms with Crippen molar-refractivity contribution in [3.63, 3.8) is 0 Å². The van der Waals surface area contributed by atoms with Crippen molar-refractivity contribution in [2.45, 2.75) is 0 Å². The fraction of sp³-hybridized carbons (Fsp3) is 0.333. The molecule has 1 aromatic carbocycles. The summed E-state index contributed by atoms with van der Waals surface area (Å²) < 4.78 is 13.8. The number of aromatic carboxylic acids is 1.